The van der Waals surface area contributed by atoms with Gasteiger partial charge in [0.2, 0.25) is 0 Å². The van der Waals surface area contributed by atoms with E-state index in [2.05, 4.69) is 47.2 Å². The SMILES string of the molecule is CN(Cc1cccc2c1CCNC2)C1CCSC1. The molecule has 0 aliphatic carbocycles. The van der Waals surface area contributed by atoms with Crippen LogP contribution in [-0.4, -0.2) is 36.0 Å². The Hall–Kier alpha value is -0.510. The Morgan fingerprint density at radius 3 is 3.22 bits per heavy atom. The molecule has 0 bridgehead atoms. The summed E-state index contributed by atoms with van der Waals surface area (Å²) in [4.78, 5) is 2.55. The quantitative estimate of drug-likeness (QED) is 0.899. The normalized spacial score (nSPS) is 23.3. The Morgan fingerprint density at radius 2 is 2.39 bits per heavy atom. The van der Waals surface area contributed by atoms with Crippen LogP contribution in [0.2, 0.25) is 0 Å². The predicted molar refractivity (Wildman–Crippen MR) is 79.0 cm³/mol. The Balaban J connectivity index is 1.75. The molecule has 1 fully saturated rings. The smallest absolute Gasteiger partial charge is 0.0236 e. The van der Waals surface area contributed by atoms with Crippen LogP contribution >= 0.6 is 11.8 Å². The Kier molecular flexibility index (Phi) is 3.92. The number of fused-ring (bicyclic) bond motifs is 1. The van der Waals surface area contributed by atoms with E-state index >= 15 is 0 Å². The van der Waals surface area contributed by atoms with E-state index in [0.717, 1.165) is 25.7 Å². The van der Waals surface area contributed by atoms with Crippen molar-refractivity contribution in [3.8, 4) is 0 Å². The van der Waals surface area contributed by atoms with Crippen LogP contribution in [0.1, 0.15) is 23.1 Å². The maximum Gasteiger partial charge on any atom is 0.0236 e. The van der Waals surface area contributed by atoms with Crippen molar-refractivity contribution >= 4 is 11.8 Å². The summed E-state index contributed by atoms with van der Waals surface area (Å²) in [6.45, 7) is 3.30. The molecule has 1 aromatic rings. The maximum atomic E-state index is 3.46. The number of benzene rings is 1. The summed E-state index contributed by atoms with van der Waals surface area (Å²) >= 11 is 2.10. The van der Waals surface area contributed by atoms with Crippen molar-refractivity contribution in [2.45, 2.75) is 32.0 Å². The van der Waals surface area contributed by atoms with Gasteiger partial charge in [0, 0.05) is 24.9 Å². The van der Waals surface area contributed by atoms with Crippen LogP contribution in [0.3, 0.4) is 0 Å². The molecule has 0 saturated carbocycles. The molecule has 2 heterocycles. The fourth-order valence-corrected chi connectivity index (χ4v) is 4.33. The minimum absolute atomic E-state index is 0.785. The molecule has 0 amide bonds. The highest BCUT2D eigenvalue weighted by atomic mass is 32.2. The number of nitrogens with one attached hydrogen (secondary N) is 1. The zero-order valence-electron chi connectivity index (χ0n) is 11.1. The third-order valence-corrected chi connectivity index (χ3v) is 5.33. The molecule has 3 rings (SSSR count). The Labute approximate surface area is 114 Å². The number of rotatable bonds is 3. The Morgan fingerprint density at radius 1 is 1.44 bits per heavy atom. The van der Waals surface area contributed by atoms with Crippen LogP contribution in [-0.2, 0) is 19.5 Å². The van der Waals surface area contributed by atoms with E-state index < -0.39 is 0 Å². The third kappa shape index (κ3) is 2.58. The van der Waals surface area contributed by atoms with E-state index in [-0.39, 0.29) is 0 Å². The lowest BCUT2D eigenvalue weighted by Crippen LogP contribution is -2.32. The van der Waals surface area contributed by atoms with E-state index in [0.29, 0.717) is 0 Å². The fourth-order valence-electron chi connectivity index (χ4n) is 3.03. The van der Waals surface area contributed by atoms with Crippen molar-refractivity contribution in [2.24, 2.45) is 0 Å². The van der Waals surface area contributed by atoms with Gasteiger partial charge in [-0.15, -0.1) is 0 Å². The van der Waals surface area contributed by atoms with Crippen LogP contribution in [0.25, 0.3) is 0 Å². The van der Waals surface area contributed by atoms with Gasteiger partial charge in [0.25, 0.3) is 0 Å². The largest absolute Gasteiger partial charge is 0.312 e. The minimum atomic E-state index is 0.785. The van der Waals surface area contributed by atoms with Crippen molar-refractivity contribution < 1.29 is 0 Å². The summed E-state index contributed by atoms with van der Waals surface area (Å²) in [5.41, 5.74) is 4.66. The molecular formula is C15H22N2S. The van der Waals surface area contributed by atoms with Gasteiger partial charge in [0.05, 0.1) is 0 Å². The zero-order chi connectivity index (χ0) is 12.4. The van der Waals surface area contributed by atoms with Crippen LogP contribution in [0.4, 0.5) is 0 Å². The molecule has 18 heavy (non-hydrogen) atoms. The van der Waals surface area contributed by atoms with Gasteiger partial charge in [-0.25, -0.2) is 0 Å². The first-order chi connectivity index (χ1) is 8.84. The van der Waals surface area contributed by atoms with Gasteiger partial charge < -0.3 is 5.32 Å². The first-order valence-corrected chi connectivity index (χ1v) is 8.08. The summed E-state index contributed by atoms with van der Waals surface area (Å²) < 4.78 is 0. The second kappa shape index (κ2) is 5.64. The molecule has 2 aliphatic heterocycles. The van der Waals surface area contributed by atoms with E-state index in [4.69, 9.17) is 0 Å². The van der Waals surface area contributed by atoms with Crippen LogP contribution in [0.15, 0.2) is 18.2 Å². The van der Waals surface area contributed by atoms with Crippen molar-refractivity contribution in [3.05, 3.63) is 34.9 Å². The van der Waals surface area contributed by atoms with Crippen molar-refractivity contribution in [1.29, 1.82) is 0 Å². The molecule has 1 aromatic carbocycles. The molecule has 1 saturated heterocycles. The maximum absolute atomic E-state index is 3.46. The van der Waals surface area contributed by atoms with Gasteiger partial charge in [0.15, 0.2) is 0 Å². The lowest BCUT2D eigenvalue weighted by atomic mass is 9.95. The monoisotopic (exact) mass is 262 g/mol. The zero-order valence-corrected chi connectivity index (χ0v) is 11.9. The van der Waals surface area contributed by atoms with Gasteiger partial charge in [0.1, 0.15) is 0 Å². The molecule has 3 heteroatoms. The van der Waals surface area contributed by atoms with Gasteiger partial charge >= 0.3 is 0 Å². The number of thioether (sulfide) groups is 1. The lowest BCUT2D eigenvalue weighted by Gasteiger charge is -2.27. The van der Waals surface area contributed by atoms with E-state index in [1.807, 2.05) is 0 Å². The molecular weight excluding hydrogens is 240 g/mol. The second-order valence-electron chi connectivity index (χ2n) is 5.41. The van der Waals surface area contributed by atoms with E-state index in [1.165, 1.54) is 29.9 Å². The highest BCUT2D eigenvalue weighted by molar-refractivity contribution is 7.99. The Bertz CT molecular complexity index is 413. The van der Waals surface area contributed by atoms with Crippen molar-refractivity contribution in [3.63, 3.8) is 0 Å². The molecule has 1 unspecified atom stereocenters. The summed E-state index contributed by atoms with van der Waals surface area (Å²) in [5, 5.41) is 3.46. The molecule has 0 aromatic heterocycles. The van der Waals surface area contributed by atoms with Gasteiger partial charge in [-0.3, -0.25) is 4.90 Å². The summed E-state index contributed by atoms with van der Waals surface area (Å²) in [6, 6.07) is 7.60. The van der Waals surface area contributed by atoms with E-state index in [9.17, 15) is 0 Å². The molecule has 2 aliphatic rings. The van der Waals surface area contributed by atoms with Gasteiger partial charge in [-0.2, -0.15) is 11.8 Å². The third-order valence-electron chi connectivity index (χ3n) is 4.19. The van der Waals surface area contributed by atoms with Crippen LogP contribution in [0.5, 0.6) is 0 Å². The lowest BCUT2D eigenvalue weighted by molar-refractivity contribution is 0.253. The minimum Gasteiger partial charge on any atom is -0.312 e. The second-order valence-corrected chi connectivity index (χ2v) is 6.56. The van der Waals surface area contributed by atoms with Crippen LogP contribution < -0.4 is 5.32 Å². The predicted octanol–water partition coefficient (Wildman–Crippen LogP) is 2.27. The standard InChI is InChI=1S/C15H22N2S/c1-17(14-6-8-18-11-14)10-13-4-2-3-12-9-16-7-5-15(12)13/h2-4,14,16H,5-11H2,1H3. The summed E-state index contributed by atoms with van der Waals surface area (Å²) in [7, 11) is 2.29. The average molecular weight is 262 g/mol. The average Bonchev–Trinajstić information content (AvgIpc) is 2.93. The first-order valence-electron chi connectivity index (χ1n) is 6.93. The van der Waals surface area contributed by atoms with Crippen molar-refractivity contribution in [1.82, 2.24) is 10.2 Å². The number of nitrogens with zero attached hydrogens (tertiary/aromatic N) is 1. The molecule has 0 spiro atoms. The summed E-state index contributed by atoms with van der Waals surface area (Å²) in [6.07, 6.45) is 2.55. The molecule has 2 nitrogen and oxygen atoms in total. The van der Waals surface area contributed by atoms with Crippen LogP contribution in [0, 0.1) is 0 Å². The molecule has 1 atom stereocenters. The fraction of sp³-hybridized carbons (Fsp3) is 0.600. The number of hydrogen-bond donors (Lipinski definition) is 1. The van der Waals surface area contributed by atoms with E-state index in [1.54, 1.807) is 11.1 Å². The number of hydrogen-bond acceptors (Lipinski definition) is 3. The summed E-state index contributed by atoms with van der Waals surface area (Å²) in [5.74, 6) is 2.65. The molecule has 1 N–H and O–H groups in total. The molecule has 98 valence electrons. The highest BCUT2D eigenvalue weighted by Crippen LogP contribution is 2.25. The highest BCUT2D eigenvalue weighted by Gasteiger charge is 2.21. The van der Waals surface area contributed by atoms with Crippen molar-refractivity contribution in [2.75, 3.05) is 25.1 Å². The van der Waals surface area contributed by atoms with Gasteiger partial charge in [-0.1, -0.05) is 18.2 Å². The first kappa shape index (κ1) is 12.5. The van der Waals surface area contributed by atoms with Gasteiger partial charge in [-0.05, 0) is 48.9 Å². The topological polar surface area (TPSA) is 15.3 Å². The molecule has 0 radical (unpaired) electrons.